The third-order valence-electron chi connectivity index (χ3n) is 3.86. The van der Waals surface area contributed by atoms with E-state index in [4.69, 9.17) is 0 Å². The van der Waals surface area contributed by atoms with E-state index in [1.54, 1.807) is 18.2 Å². The van der Waals surface area contributed by atoms with Gasteiger partial charge in [0.05, 0.1) is 11.6 Å². The summed E-state index contributed by atoms with van der Waals surface area (Å²) in [5.41, 5.74) is 3.70. The van der Waals surface area contributed by atoms with Crippen LogP contribution in [0.1, 0.15) is 16.7 Å². The van der Waals surface area contributed by atoms with Crippen LogP contribution in [-0.2, 0) is 4.79 Å². The number of imide groups is 1. The van der Waals surface area contributed by atoms with Crippen molar-refractivity contribution < 1.29 is 14.0 Å². The molecule has 0 aliphatic carbocycles. The first-order chi connectivity index (χ1) is 11.9. The normalized spacial score (nSPS) is 16.0. The topological polar surface area (TPSA) is 49.4 Å². The highest BCUT2D eigenvalue weighted by molar-refractivity contribution is 8.18. The molecule has 0 saturated carbocycles. The smallest absolute Gasteiger partial charge is 0.295 e. The van der Waals surface area contributed by atoms with Gasteiger partial charge >= 0.3 is 0 Å². The summed E-state index contributed by atoms with van der Waals surface area (Å²) in [7, 11) is 0. The highest BCUT2D eigenvalue weighted by Gasteiger charge is 2.34. The van der Waals surface area contributed by atoms with Crippen molar-refractivity contribution in [3.8, 4) is 0 Å². The molecule has 0 bridgehead atoms. The van der Waals surface area contributed by atoms with Crippen molar-refractivity contribution in [1.29, 1.82) is 0 Å². The van der Waals surface area contributed by atoms with Gasteiger partial charge in [-0.25, -0.2) is 4.39 Å². The van der Waals surface area contributed by atoms with Gasteiger partial charge in [0, 0.05) is 5.69 Å². The van der Waals surface area contributed by atoms with Gasteiger partial charge in [-0.3, -0.25) is 14.5 Å². The zero-order valence-electron chi connectivity index (χ0n) is 13.9. The lowest BCUT2D eigenvalue weighted by Crippen LogP contribution is -2.33. The van der Waals surface area contributed by atoms with Gasteiger partial charge in [-0.15, -0.1) is 0 Å². The molecule has 1 aliphatic heterocycles. The van der Waals surface area contributed by atoms with Gasteiger partial charge in [-0.05, 0) is 66.6 Å². The van der Waals surface area contributed by atoms with Gasteiger partial charge in [0.25, 0.3) is 11.1 Å². The molecule has 0 aromatic heterocycles. The fourth-order valence-electron chi connectivity index (χ4n) is 2.44. The molecule has 1 N–H and O–H groups in total. The Morgan fingerprint density at radius 1 is 1.12 bits per heavy atom. The summed E-state index contributed by atoms with van der Waals surface area (Å²) in [4.78, 5) is 26.1. The van der Waals surface area contributed by atoms with Crippen LogP contribution in [0, 0.1) is 19.7 Å². The summed E-state index contributed by atoms with van der Waals surface area (Å²) in [6.07, 6.45) is 1.60. The van der Waals surface area contributed by atoms with E-state index < -0.39 is 0 Å². The number of aryl methyl sites for hydroxylation is 2. The van der Waals surface area contributed by atoms with Gasteiger partial charge in [0.15, 0.2) is 0 Å². The second kappa shape index (κ2) is 7.11. The molecule has 0 radical (unpaired) electrons. The number of hydrogen-bond donors (Lipinski definition) is 1. The second-order valence-electron chi connectivity index (χ2n) is 5.81. The number of carbonyl (C=O) groups excluding carboxylic acids is 2. The van der Waals surface area contributed by atoms with E-state index in [-0.39, 0.29) is 23.6 Å². The minimum absolute atomic E-state index is 0.107. The van der Waals surface area contributed by atoms with Gasteiger partial charge in [-0.1, -0.05) is 24.3 Å². The zero-order chi connectivity index (χ0) is 18.0. The van der Waals surface area contributed by atoms with Gasteiger partial charge in [-0.2, -0.15) is 0 Å². The van der Waals surface area contributed by atoms with Gasteiger partial charge in [0.1, 0.15) is 5.82 Å². The maximum Gasteiger partial charge on any atom is 0.295 e. The summed E-state index contributed by atoms with van der Waals surface area (Å²) in [6, 6.07) is 11.7. The number of halogens is 1. The number of anilines is 1. The maximum absolute atomic E-state index is 13.0. The number of rotatable bonds is 4. The van der Waals surface area contributed by atoms with Gasteiger partial charge < -0.3 is 5.32 Å². The van der Waals surface area contributed by atoms with Crippen LogP contribution in [0.15, 0.2) is 47.4 Å². The molecule has 0 unspecified atom stereocenters. The summed E-state index contributed by atoms with van der Waals surface area (Å²) in [6.45, 7) is 4.05. The van der Waals surface area contributed by atoms with E-state index in [9.17, 15) is 14.0 Å². The molecule has 4 nitrogen and oxygen atoms in total. The number of carbonyl (C=O) groups is 2. The lowest BCUT2D eigenvalue weighted by molar-refractivity contribution is -0.122. The summed E-state index contributed by atoms with van der Waals surface area (Å²) in [5, 5.41) is 2.82. The Morgan fingerprint density at radius 2 is 1.84 bits per heavy atom. The highest BCUT2D eigenvalue weighted by Crippen LogP contribution is 2.32. The zero-order valence-corrected chi connectivity index (χ0v) is 14.7. The van der Waals surface area contributed by atoms with Crippen LogP contribution in [-0.4, -0.2) is 22.7 Å². The average molecular weight is 356 g/mol. The van der Waals surface area contributed by atoms with Crippen LogP contribution < -0.4 is 5.32 Å². The van der Waals surface area contributed by atoms with E-state index in [1.807, 2.05) is 32.0 Å². The molecule has 1 aliphatic rings. The van der Waals surface area contributed by atoms with E-state index in [2.05, 4.69) is 5.32 Å². The van der Waals surface area contributed by atoms with Crippen LogP contribution in [0.5, 0.6) is 0 Å². The quantitative estimate of drug-likeness (QED) is 0.817. The Bertz CT molecular complexity index is 862. The van der Waals surface area contributed by atoms with Gasteiger partial charge in [0.2, 0.25) is 0 Å². The Labute approximate surface area is 149 Å². The Kier molecular flexibility index (Phi) is 4.90. The van der Waals surface area contributed by atoms with Crippen molar-refractivity contribution >= 4 is 34.7 Å². The first-order valence-electron chi connectivity index (χ1n) is 7.76. The van der Waals surface area contributed by atoms with Crippen LogP contribution in [0.4, 0.5) is 14.9 Å². The predicted octanol–water partition coefficient (Wildman–Crippen LogP) is 4.55. The number of nitrogens with one attached hydrogen (secondary N) is 1. The minimum Gasteiger partial charge on any atom is -0.367 e. The molecule has 1 fully saturated rings. The van der Waals surface area contributed by atoms with Crippen molar-refractivity contribution in [1.82, 2.24) is 4.90 Å². The molecule has 0 atom stereocenters. The molecular formula is C19H17FN2O2S. The number of hydrogen-bond acceptors (Lipinski definition) is 4. The number of amides is 2. The lowest BCUT2D eigenvalue weighted by Gasteiger charge is -2.16. The molecule has 2 aromatic rings. The van der Waals surface area contributed by atoms with Crippen molar-refractivity contribution in [3.63, 3.8) is 0 Å². The first-order valence-corrected chi connectivity index (χ1v) is 8.58. The Balaban J connectivity index is 1.73. The van der Waals surface area contributed by atoms with Crippen molar-refractivity contribution in [2.24, 2.45) is 0 Å². The average Bonchev–Trinajstić information content (AvgIpc) is 2.84. The molecular weight excluding hydrogens is 339 g/mol. The number of thioether (sulfide) groups is 1. The summed E-state index contributed by atoms with van der Waals surface area (Å²) in [5.74, 6) is -0.694. The Hall–Kier alpha value is -2.60. The fraction of sp³-hybridized carbons (Fsp3) is 0.158. The summed E-state index contributed by atoms with van der Waals surface area (Å²) >= 11 is 0.888. The van der Waals surface area contributed by atoms with Crippen LogP contribution >= 0.6 is 11.8 Å². The Morgan fingerprint density at radius 3 is 2.56 bits per heavy atom. The standard InChI is InChI=1S/C19H17FN2O2S/c1-12-3-4-13(2)16(9-12)21-11-22-18(23)17(25-19(22)24)10-14-5-7-15(20)8-6-14/h3-10,21H,11H2,1-2H3/b17-10+. The second-order valence-corrected chi connectivity index (χ2v) is 6.81. The highest BCUT2D eigenvalue weighted by atomic mass is 32.2. The third kappa shape index (κ3) is 3.91. The maximum atomic E-state index is 13.0. The van der Waals surface area contributed by atoms with Crippen molar-refractivity contribution in [2.75, 3.05) is 12.0 Å². The molecule has 1 saturated heterocycles. The van der Waals surface area contributed by atoms with E-state index in [1.165, 1.54) is 17.0 Å². The molecule has 128 valence electrons. The monoisotopic (exact) mass is 356 g/mol. The fourth-order valence-corrected chi connectivity index (χ4v) is 3.28. The molecule has 0 spiro atoms. The first kappa shape index (κ1) is 17.2. The largest absolute Gasteiger partial charge is 0.367 e. The summed E-state index contributed by atoms with van der Waals surface area (Å²) < 4.78 is 13.0. The number of benzene rings is 2. The minimum atomic E-state index is -0.350. The molecule has 25 heavy (non-hydrogen) atoms. The third-order valence-corrected chi connectivity index (χ3v) is 4.77. The molecule has 2 aromatic carbocycles. The molecule has 6 heteroatoms. The molecule has 3 rings (SSSR count). The predicted molar refractivity (Wildman–Crippen MR) is 98.6 cm³/mol. The van der Waals surface area contributed by atoms with Crippen LogP contribution in [0.2, 0.25) is 0 Å². The SMILES string of the molecule is Cc1ccc(C)c(NCN2C(=O)S/C(=C/c3ccc(F)cc3)C2=O)c1. The van der Waals surface area contributed by atoms with E-state index in [0.29, 0.717) is 10.5 Å². The van der Waals surface area contributed by atoms with E-state index in [0.717, 1.165) is 28.6 Å². The van der Waals surface area contributed by atoms with Crippen LogP contribution in [0.25, 0.3) is 6.08 Å². The molecule has 1 heterocycles. The lowest BCUT2D eigenvalue weighted by atomic mass is 10.1. The van der Waals surface area contributed by atoms with Crippen LogP contribution in [0.3, 0.4) is 0 Å². The van der Waals surface area contributed by atoms with E-state index >= 15 is 0 Å². The van der Waals surface area contributed by atoms with Crippen molar-refractivity contribution in [2.45, 2.75) is 13.8 Å². The van der Waals surface area contributed by atoms with Crippen molar-refractivity contribution in [3.05, 3.63) is 69.9 Å². The number of nitrogens with zero attached hydrogens (tertiary/aromatic N) is 1. The molecule has 2 amide bonds.